The second kappa shape index (κ2) is 7.18. The minimum absolute atomic E-state index is 0.113. The number of aryl methyl sites for hydroxylation is 1. The lowest BCUT2D eigenvalue weighted by Gasteiger charge is -2.12. The number of pyridine rings is 1. The van der Waals surface area contributed by atoms with E-state index in [4.69, 9.17) is 0 Å². The number of hydrogen-bond acceptors (Lipinski definition) is 3. The number of carbonyl (C=O) groups is 1. The summed E-state index contributed by atoms with van der Waals surface area (Å²) >= 11 is 0. The van der Waals surface area contributed by atoms with Crippen molar-refractivity contribution >= 4 is 17.3 Å². The van der Waals surface area contributed by atoms with Gasteiger partial charge in [-0.05, 0) is 66.6 Å². The number of benzene rings is 2. The summed E-state index contributed by atoms with van der Waals surface area (Å²) in [5, 5.41) is 2.93. The molecule has 126 valence electrons. The third kappa shape index (κ3) is 4.04. The van der Waals surface area contributed by atoms with Crippen LogP contribution in [0.2, 0.25) is 0 Å². The van der Waals surface area contributed by atoms with Crippen LogP contribution in [0, 0.1) is 6.92 Å². The van der Waals surface area contributed by atoms with Crippen LogP contribution < -0.4 is 10.2 Å². The van der Waals surface area contributed by atoms with Gasteiger partial charge in [0.1, 0.15) is 0 Å². The molecule has 0 bridgehead atoms. The van der Waals surface area contributed by atoms with Crippen molar-refractivity contribution in [2.75, 3.05) is 24.3 Å². The fourth-order valence-corrected chi connectivity index (χ4v) is 2.59. The molecule has 0 saturated heterocycles. The van der Waals surface area contributed by atoms with Gasteiger partial charge in [-0.2, -0.15) is 0 Å². The van der Waals surface area contributed by atoms with E-state index in [1.165, 1.54) is 0 Å². The molecule has 1 aromatic heterocycles. The summed E-state index contributed by atoms with van der Waals surface area (Å²) in [5.41, 5.74) is 5.67. The SMILES string of the molecule is Cc1cc(-c2ccc(NC(=O)c3ccc(N(C)C)cc3)cc2)ccn1. The van der Waals surface area contributed by atoms with Crippen LogP contribution in [0.5, 0.6) is 0 Å². The Balaban J connectivity index is 1.71. The molecule has 4 heteroatoms. The maximum atomic E-state index is 12.4. The van der Waals surface area contributed by atoms with E-state index >= 15 is 0 Å². The Morgan fingerprint density at radius 3 is 2.20 bits per heavy atom. The van der Waals surface area contributed by atoms with E-state index in [1.54, 1.807) is 6.20 Å². The van der Waals surface area contributed by atoms with E-state index in [0.29, 0.717) is 5.56 Å². The first-order valence-corrected chi connectivity index (χ1v) is 8.15. The fraction of sp³-hybridized carbons (Fsp3) is 0.143. The third-order valence-electron chi connectivity index (χ3n) is 4.02. The Hall–Kier alpha value is -3.14. The molecule has 3 aromatic rings. The van der Waals surface area contributed by atoms with Gasteiger partial charge < -0.3 is 10.2 Å². The highest BCUT2D eigenvalue weighted by Gasteiger charge is 2.07. The molecule has 0 aliphatic heterocycles. The summed E-state index contributed by atoms with van der Waals surface area (Å²) in [6.45, 7) is 1.97. The normalized spacial score (nSPS) is 10.4. The molecule has 0 unspecified atom stereocenters. The predicted molar refractivity (Wildman–Crippen MR) is 103 cm³/mol. The lowest BCUT2D eigenvalue weighted by atomic mass is 10.1. The van der Waals surface area contributed by atoms with Gasteiger partial charge in [-0.3, -0.25) is 9.78 Å². The fourth-order valence-electron chi connectivity index (χ4n) is 2.59. The molecular formula is C21H21N3O. The van der Waals surface area contributed by atoms with Crippen molar-refractivity contribution in [1.29, 1.82) is 0 Å². The van der Waals surface area contributed by atoms with E-state index in [2.05, 4.69) is 10.3 Å². The molecule has 0 fully saturated rings. The smallest absolute Gasteiger partial charge is 0.255 e. The van der Waals surface area contributed by atoms with Crippen molar-refractivity contribution in [3.8, 4) is 11.1 Å². The van der Waals surface area contributed by atoms with Gasteiger partial charge in [0.25, 0.3) is 5.91 Å². The van der Waals surface area contributed by atoms with Gasteiger partial charge in [-0.25, -0.2) is 0 Å². The minimum atomic E-state index is -0.113. The van der Waals surface area contributed by atoms with Crippen molar-refractivity contribution < 1.29 is 4.79 Å². The number of nitrogens with zero attached hydrogens (tertiary/aromatic N) is 2. The Morgan fingerprint density at radius 2 is 1.60 bits per heavy atom. The molecule has 0 saturated carbocycles. The first kappa shape index (κ1) is 16.7. The van der Waals surface area contributed by atoms with E-state index < -0.39 is 0 Å². The molecule has 2 aromatic carbocycles. The van der Waals surface area contributed by atoms with Crippen LogP contribution in [0.15, 0.2) is 66.9 Å². The quantitative estimate of drug-likeness (QED) is 0.772. The maximum absolute atomic E-state index is 12.4. The average Bonchev–Trinajstić information content (AvgIpc) is 2.62. The van der Waals surface area contributed by atoms with Crippen LogP contribution >= 0.6 is 0 Å². The molecule has 3 rings (SSSR count). The molecular weight excluding hydrogens is 310 g/mol. The molecule has 0 aliphatic rings. The second-order valence-electron chi connectivity index (χ2n) is 6.16. The maximum Gasteiger partial charge on any atom is 0.255 e. The van der Waals surface area contributed by atoms with Gasteiger partial charge >= 0.3 is 0 Å². The summed E-state index contributed by atoms with van der Waals surface area (Å²) < 4.78 is 0. The van der Waals surface area contributed by atoms with Gasteiger partial charge in [0.15, 0.2) is 0 Å². The number of nitrogens with one attached hydrogen (secondary N) is 1. The standard InChI is InChI=1S/C21H21N3O/c1-15-14-18(12-13-22-15)16-4-8-19(9-5-16)23-21(25)17-6-10-20(11-7-17)24(2)3/h4-14H,1-3H3,(H,23,25). The number of anilines is 2. The van der Waals surface area contributed by atoms with Crippen molar-refractivity contribution in [2.24, 2.45) is 0 Å². The zero-order chi connectivity index (χ0) is 17.8. The van der Waals surface area contributed by atoms with Crippen LogP contribution in [0.1, 0.15) is 16.1 Å². The van der Waals surface area contributed by atoms with E-state index in [9.17, 15) is 4.79 Å². The summed E-state index contributed by atoms with van der Waals surface area (Å²) in [4.78, 5) is 18.6. The highest BCUT2D eigenvalue weighted by molar-refractivity contribution is 6.04. The zero-order valence-electron chi connectivity index (χ0n) is 14.7. The summed E-state index contributed by atoms with van der Waals surface area (Å²) in [5.74, 6) is -0.113. The highest BCUT2D eigenvalue weighted by Crippen LogP contribution is 2.22. The molecule has 25 heavy (non-hydrogen) atoms. The monoisotopic (exact) mass is 331 g/mol. The van der Waals surface area contributed by atoms with Gasteiger partial charge in [0.05, 0.1) is 0 Å². The number of hydrogen-bond donors (Lipinski definition) is 1. The third-order valence-corrected chi connectivity index (χ3v) is 4.02. The molecule has 0 radical (unpaired) electrons. The van der Waals surface area contributed by atoms with Gasteiger partial charge in [0.2, 0.25) is 0 Å². The lowest BCUT2D eigenvalue weighted by molar-refractivity contribution is 0.102. The molecule has 0 aliphatic carbocycles. The molecule has 1 amide bonds. The lowest BCUT2D eigenvalue weighted by Crippen LogP contribution is -2.13. The molecule has 0 atom stereocenters. The van der Waals surface area contributed by atoms with Crippen molar-refractivity contribution in [2.45, 2.75) is 6.92 Å². The summed E-state index contributed by atoms with van der Waals surface area (Å²) in [7, 11) is 3.95. The summed E-state index contributed by atoms with van der Waals surface area (Å²) in [6, 6.07) is 19.4. The Labute approximate surface area is 148 Å². The first-order chi connectivity index (χ1) is 12.0. The largest absolute Gasteiger partial charge is 0.378 e. The second-order valence-corrected chi connectivity index (χ2v) is 6.16. The van der Waals surface area contributed by atoms with Crippen molar-refractivity contribution in [3.63, 3.8) is 0 Å². The first-order valence-electron chi connectivity index (χ1n) is 8.15. The van der Waals surface area contributed by atoms with E-state index in [0.717, 1.165) is 28.2 Å². The van der Waals surface area contributed by atoms with E-state index in [-0.39, 0.29) is 5.91 Å². The Kier molecular flexibility index (Phi) is 4.80. The Bertz CT molecular complexity index is 868. The van der Waals surface area contributed by atoms with Gasteiger partial charge in [-0.1, -0.05) is 12.1 Å². The highest BCUT2D eigenvalue weighted by atomic mass is 16.1. The molecule has 4 nitrogen and oxygen atoms in total. The molecule has 1 heterocycles. The number of carbonyl (C=O) groups excluding carboxylic acids is 1. The number of amides is 1. The van der Waals surface area contributed by atoms with Crippen LogP contribution in [-0.4, -0.2) is 25.0 Å². The molecule has 0 spiro atoms. The van der Waals surface area contributed by atoms with Crippen molar-refractivity contribution in [3.05, 3.63) is 78.1 Å². The van der Waals surface area contributed by atoms with Crippen molar-refractivity contribution in [1.82, 2.24) is 4.98 Å². The molecule has 1 N–H and O–H groups in total. The topological polar surface area (TPSA) is 45.2 Å². The Morgan fingerprint density at radius 1 is 0.920 bits per heavy atom. The van der Waals surface area contributed by atoms with Crippen LogP contribution in [-0.2, 0) is 0 Å². The summed E-state index contributed by atoms with van der Waals surface area (Å²) in [6.07, 6.45) is 1.80. The van der Waals surface area contributed by atoms with Crippen LogP contribution in [0.4, 0.5) is 11.4 Å². The van der Waals surface area contributed by atoms with E-state index in [1.807, 2.05) is 86.6 Å². The zero-order valence-corrected chi connectivity index (χ0v) is 14.7. The van der Waals surface area contributed by atoms with Crippen LogP contribution in [0.25, 0.3) is 11.1 Å². The minimum Gasteiger partial charge on any atom is -0.378 e. The average molecular weight is 331 g/mol. The van der Waals surface area contributed by atoms with Gasteiger partial charge in [0, 0.05) is 42.9 Å². The number of rotatable bonds is 4. The van der Waals surface area contributed by atoms with Gasteiger partial charge in [-0.15, -0.1) is 0 Å². The van der Waals surface area contributed by atoms with Crippen LogP contribution in [0.3, 0.4) is 0 Å². The predicted octanol–water partition coefficient (Wildman–Crippen LogP) is 4.38. The number of aromatic nitrogens is 1.